The molecule has 0 aromatic carbocycles. The molecule has 11 heteroatoms. The summed E-state index contributed by atoms with van der Waals surface area (Å²) in [6.07, 6.45) is 3.99. The molecule has 3 amide bonds. The van der Waals surface area contributed by atoms with Gasteiger partial charge in [0.15, 0.2) is 5.65 Å². The summed E-state index contributed by atoms with van der Waals surface area (Å²) in [6.45, 7) is 5.99. The highest BCUT2D eigenvalue weighted by Crippen LogP contribution is 2.22. The van der Waals surface area contributed by atoms with Crippen LogP contribution in [0.25, 0.3) is 11.0 Å². The molecule has 10 nitrogen and oxygen atoms in total. The van der Waals surface area contributed by atoms with Crippen molar-refractivity contribution in [2.24, 2.45) is 13.0 Å². The first-order chi connectivity index (χ1) is 14.7. The molecule has 2 N–H and O–H groups in total. The zero-order valence-corrected chi connectivity index (χ0v) is 19.0. The van der Waals surface area contributed by atoms with E-state index in [0.717, 1.165) is 42.0 Å². The van der Waals surface area contributed by atoms with Crippen molar-refractivity contribution in [1.82, 2.24) is 29.7 Å². The van der Waals surface area contributed by atoms with Gasteiger partial charge in [0.2, 0.25) is 5.91 Å². The molecule has 2 aromatic heterocycles. The number of rotatable bonds is 6. The van der Waals surface area contributed by atoms with Crippen LogP contribution in [0.1, 0.15) is 45.4 Å². The maximum Gasteiger partial charge on any atom is 0.332 e. The number of imide groups is 1. The lowest BCUT2D eigenvalue weighted by atomic mass is 10.2. The van der Waals surface area contributed by atoms with E-state index >= 15 is 0 Å². The number of amides is 3. The van der Waals surface area contributed by atoms with Gasteiger partial charge in [0.25, 0.3) is 5.56 Å². The van der Waals surface area contributed by atoms with E-state index in [1.807, 2.05) is 13.8 Å². The van der Waals surface area contributed by atoms with Crippen molar-refractivity contribution in [1.29, 1.82) is 0 Å². The predicted octanol–water partition coefficient (Wildman–Crippen LogP) is 1.32. The van der Waals surface area contributed by atoms with Gasteiger partial charge in [-0.1, -0.05) is 38.5 Å². The maximum absolute atomic E-state index is 12.8. The number of urea groups is 1. The monoisotopic (exact) mass is 448 g/mol. The van der Waals surface area contributed by atoms with Gasteiger partial charge in [0.1, 0.15) is 16.2 Å². The molecule has 0 radical (unpaired) electrons. The van der Waals surface area contributed by atoms with Crippen LogP contribution in [0, 0.1) is 12.8 Å². The number of carbonyl (C=O) groups is 2. The van der Waals surface area contributed by atoms with Gasteiger partial charge < -0.3 is 5.32 Å². The maximum atomic E-state index is 12.8. The van der Waals surface area contributed by atoms with E-state index in [0.29, 0.717) is 17.4 Å². The molecular weight excluding hydrogens is 420 g/mol. The summed E-state index contributed by atoms with van der Waals surface area (Å²) < 4.78 is 2.50. The van der Waals surface area contributed by atoms with Crippen molar-refractivity contribution in [2.45, 2.75) is 64.1 Å². The molecule has 0 atom stereocenters. The topological polar surface area (TPSA) is 128 Å². The van der Waals surface area contributed by atoms with Gasteiger partial charge >= 0.3 is 11.7 Å². The van der Waals surface area contributed by atoms with Gasteiger partial charge in [-0.3, -0.25) is 24.0 Å². The highest BCUT2D eigenvalue weighted by Gasteiger charge is 2.21. The first-order valence-corrected chi connectivity index (χ1v) is 11.4. The van der Waals surface area contributed by atoms with Crippen LogP contribution in [0.4, 0.5) is 4.79 Å². The van der Waals surface area contributed by atoms with E-state index in [4.69, 9.17) is 0 Å². The summed E-state index contributed by atoms with van der Waals surface area (Å²) in [4.78, 5) is 58.4. The van der Waals surface area contributed by atoms with E-state index in [1.54, 1.807) is 6.92 Å². The normalized spacial score (nSPS) is 14.4. The predicted molar refractivity (Wildman–Crippen MR) is 118 cm³/mol. The van der Waals surface area contributed by atoms with Crippen molar-refractivity contribution in [3.05, 3.63) is 26.7 Å². The summed E-state index contributed by atoms with van der Waals surface area (Å²) in [7, 11) is 1.41. The number of aromatic nitrogens is 4. The van der Waals surface area contributed by atoms with Crippen molar-refractivity contribution in [3.8, 4) is 0 Å². The molecule has 3 rings (SSSR count). The van der Waals surface area contributed by atoms with Crippen molar-refractivity contribution in [3.63, 3.8) is 0 Å². The Balaban J connectivity index is 1.84. The van der Waals surface area contributed by atoms with Gasteiger partial charge in [0, 0.05) is 19.6 Å². The Morgan fingerprint density at radius 2 is 1.87 bits per heavy atom. The number of fused-ring (bicyclic) bond motifs is 1. The second kappa shape index (κ2) is 9.63. The summed E-state index contributed by atoms with van der Waals surface area (Å²) in [5.74, 6) is -0.0402. The fraction of sp³-hybridized carbons (Fsp3) is 0.600. The number of thioether (sulfide) groups is 1. The minimum Gasteiger partial charge on any atom is -0.335 e. The van der Waals surface area contributed by atoms with E-state index in [9.17, 15) is 19.2 Å². The fourth-order valence-electron chi connectivity index (χ4n) is 3.66. The van der Waals surface area contributed by atoms with Crippen LogP contribution in [-0.4, -0.2) is 42.8 Å². The van der Waals surface area contributed by atoms with E-state index in [-0.39, 0.29) is 28.7 Å². The quantitative estimate of drug-likeness (QED) is 0.504. The molecule has 1 aliphatic rings. The van der Waals surface area contributed by atoms with E-state index in [1.165, 1.54) is 11.6 Å². The number of aryl methyl sites for hydroxylation is 1. The minimum atomic E-state index is -0.512. The number of hydrogen-bond acceptors (Lipinski definition) is 7. The third kappa shape index (κ3) is 5.33. The molecule has 0 aliphatic heterocycles. The minimum absolute atomic E-state index is 0.101. The average molecular weight is 449 g/mol. The Kier molecular flexibility index (Phi) is 7.14. The Morgan fingerprint density at radius 1 is 1.19 bits per heavy atom. The van der Waals surface area contributed by atoms with Gasteiger partial charge in [-0.25, -0.2) is 19.6 Å². The molecule has 0 bridgehead atoms. The van der Waals surface area contributed by atoms with Crippen LogP contribution < -0.4 is 21.9 Å². The third-order valence-electron chi connectivity index (χ3n) is 5.09. The molecule has 0 saturated heterocycles. The van der Waals surface area contributed by atoms with Crippen LogP contribution in [0.3, 0.4) is 0 Å². The molecule has 1 fully saturated rings. The van der Waals surface area contributed by atoms with Crippen molar-refractivity contribution in [2.75, 3.05) is 5.75 Å². The molecular formula is C20H28N6O4S. The van der Waals surface area contributed by atoms with Gasteiger partial charge in [0.05, 0.1) is 5.75 Å². The van der Waals surface area contributed by atoms with Crippen molar-refractivity contribution < 1.29 is 9.59 Å². The lowest BCUT2D eigenvalue weighted by molar-refractivity contribution is -0.117. The van der Waals surface area contributed by atoms with Crippen LogP contribution in [0.15, 0.2) is 14.6 Å². The molecule has 0 spiro atoms. The van der Waals surface area contributed by atoms with Crippen LogP contribution >= 0.6 is 11.8 Å². The zero-order valence-electron chi connectivity index (χ0n) is 18.2. The second-order valence-electron chi connectivity index (χ2n) is 8.22. The summed E-state index contributed by atoms with van der Waals surface area (Å²) in [6, 6.07) is -0.405. The van der Waals surface area contributed by atoms with Gasteiger partial charge in [-0.05, 0) is 25.7 Å². The second-order valence-corrected chi connectivity index (χ2v) is 9.18. The first kappa shape index (κ1) is 23.0. The van der Waals surface area contributed by atoms with E-state index < -0.39 is 23.2 Å². The highest BCUT2D eigenvalue weighted by atomic mass is 32.2. The Bertz CT molecular complexity index is 1120. The van der Waals surface area contributed by atoms with Gasteiger partial charge in [-0.2, -0.15) is 0 Å². The summed E-state index contributed by atoms with van der Waals surface area (Å²) in [5, 5.41) is 5.63. The van der Waals surface area contributed by atoms with Crippen molar-refractivity contribution >= 4 is 34.7 Å². The molecule has 2 aromatic rings. The smallest absolute Gasteiger partial charge is 0.332 e. The lowest BCUT2D eigenvalue weighted by Crippen LogP contribution is -2.44. The Labute approximate surface area is 183 Å². The lowest BCUT2D eigenvalue weighted by Gasteiger charge is -2.15. The molecule has 168 valence electrons. The van der Waals surface area contributed by atoms with Crippen LogP contribution in [-0.2, 0) is 18.4 Å². The third-order valence-corrected chi connectivity index (χ3v) is 6.07. The molecule has 0 unspecified atom stereocenters. The fourth-order valence-corrected chi connectivity index (χ4v) is 4.52. The SMILES string of the molecule is Cc1nc(SCC(=O)NC(=O)NC2CCCC2)c2c(=O)n(C)c(=O)n(CC(C)C)c2n1. The molecule has 1 saturated carbocycles. The van der Waals surface area contributed by atoms with Gasteiger partial charge in [-0.15, -0.1) is 0 Å². The molecule has 2 heterocycles. The van der Waals surface area contributed by atoms with Crippen LogP contribution in [0.2, 0.25) is 0 Å². The molecule has 31 heavy (non-hydrogen) atoms. The Morgan fingerprint density at radius 3 is 2.52 bits per heavy atom. The number of hydrogen-bond donors (Lipinski definition) is 2. The highest BCUT2D eigenvalue weighted by molar-refractivity contribution is 8.00. The van der Waals surface area contributed by atoms with E-state index in [2.05, 4.69) is 20.6 Å². The number of nitrogens with one attached hydrogen (secondary N) is 2. The zero-order chi connectivity index (χ0) is 22.7. The molecule has 1 aliphatic carbocycles. The summed E-state index contributed by atoms with van der Waals surface area (Å²) in [5.41, 5.74) is -0.695. The van der Waals surface area contributed by atoms with Crippen LogP contribution in [0.5, 0.6) is 0 Å². The summed E-state index contributed by atoms with van der Waals surface area (Å²) >= 11 is 1.04. The Hall–Kier alpha value is -2.69. The standard InChI is InChI=1S/C20H28N6O4S/c1-11(2)9-26-16-15(18(28)25(4)20(26)30)17(22-12(3)21-16)31-10-14(27)24-19(29)23-13-7-5-6-8-13/h11,13H,5-10H2,1-4H3,(H2,23,24,27,29). The number of carbonyl (C=O) groups excluding carboxylic acids is 2. The largest absolute Gasteiger partial charge is 0.335 e. The first-order valence-electron chi connectivity index (χ1n) is 10.4. The average Bonchev–Trinajstić information content (AvgIpc) is 3.20. The number of nitrogens with zero attached hydrogens (tertiary/aromatic N) is 4.